The van der Waals surface area contributed by atoms with E-state index in [0.717, 1.165) is 25.6 Å². The average molecular weight is 226 g/mol. The molecule has 1 aliphatic heterocycles. The molecule has 2 aliphatic rings. The minimum Gasteiger partial charge on any atom is -0.375 e. The number of rotatable bonds is 5. The molecule has 0 aromatic carbocycles. The molecular formula is C13H26N2O. The van der Waals surface area contributed by atoms with Crippen LogP contribution in [0.2, 0.25) is 0 Å². The van der Waals surface area contributed by atoms with Crippen LogP contribution in [0, 0.1) is 5.92 Å². The molecule has 1 saturated heterocycles. The molecular weight excluding hydrogens is 200 g/mol. The summed E-state index contributed by atoms with van der Waals surface area (Å²) in [5.74, 6) is 0.780. The van der Waals surface area contributed by atoms with E-state index in [1.165, 1.54) is 38.6 Å². The van der Waals surface area contributed by atoms with Gasteiger partial charge in [-0.3, -0.25) is 4.90 Å². The van der Waals surface area contributed by atoms with E-state index in [-0.39, 0.29) is 0 Å². The van der Waals surface area contributed by atoms with Gasteiger partial charge in [-0.05, 0) is 44.6 Å². The van der Waals surface area contributed by atoms with Crippen LogP contribution in [0.15, 0.2) is 0 Å². The van der Waals surface area contributed by atoms with Gasteiger partial charge in [0.15, 0.2) is 0 Å². The SMILES string of the molecule is CC(CCCN)CN1CCOC2CCCC21. The Morgan fingerprint density at radius 2 is 2.31 bits per heavy atom. The second-order valence-corrected chi connectivity index (χ2v) is 5.44. The molecule has 1 heterocycles. The van der Waals surface area contributed by atoms with E-state index < -0.39 is 0 Å². The number of fused-ring (bicyclic) bond motifs is 1. The van der Waals surface area contributed by atoms with Crippen LogP contribution in [0.5, 0.6) is 0 Å². The van der Waals surface area contributed by atoms with Crippen molar-refractivity contribution in [2.45, 2.75) is 51.2 Å². The highest BCUT2D eigenvalue weighted by Gasteiger charge is 2.36. The van der Waals surface area contributed by atoms with Crippen LogP contribution < -0.4 is 5.73 Å². The second-order valence-electron chi connectivity index (χ2n) is 5.44. The highest BCUT2D eigenvalue weighted by molar-refractivity contribution is 4.89. The number of hydrogen-bond donors (Lipinski definition) is 1. The van der Waals surface area contributed by atoms with Crippen molar-refractivity contribution in [3.05, 3.63) is 0 Å². The molecule has 1 aliphatic carbocycles. The zero-order chi connectivity index (χ0) is 11.4. The molecule has 1 saturated carbocycles. The van der Waals surface area contributed by atoms with E-state index in [4.69, 9.17) is 10.5 Å². The second kappa shape index (κ2) is 5.99. The molecule has 3 unspecified atom stereocenters. The summed E-state index contributed by atoms with van der Waals surface area (Å²) in [6.07, 6.45) is 6.94. The van der Waals surface area contributed by atoms with Crippen LogP contribution in [-0.4, -0.2) is 43.3 Å². The Labute approximate surface area is 99.3 Å². The van der Waals surface area contributed by atoms with Gasteiger partial charge in [-0.25, -0.2) is 0 Å². The fourth-order valence-corrected chi connectivity index (χ4v) is 3.19. The third-order valence-corrected chi connectivity index (χ3v) is 4.04. The van der Waals surface area contributed by atoms with Gasteiger partial charge >= 0.3 is 0 Å². The Hall–Kier alpha value is -0.120. The van der Waals surface area contributed by atoms with Crippen molar-refractivity contribution in [2.75, 3.05) is 26.2 Å². The van der Waals surface area contributed by atoms with Crippen LogP contribution in [0.25, 0.3) is 0 Å². The maximum Gasteiger partial charge on any atom is 0.0730 e. The first-order valence-electron chi connectivity index (χ1n) is 6.87. The van der Waals surface area contributed by atoms with E-state index in [0.29, 0.717) is 12.1 Å². The highest BCUT2D eigenvalue weighted by Crippen LogP contribution is 2.30. The van der Waals surface area contributed by atoms with E-state index in [1.54, 1.807) is 0 Å². The summed E-state index contributed by atoms with van der Waals surface area (Å²) < 4.78 is 5.83. The monoisotopic (exact) mass is 226 g/mol. The third-order valence-electron chi connectivity index (χ3n) is 4.04. The lowest BCUT2D eigenvalue weighted by Gasteiger charge is -2.39. The topological polar surface area (TPSA) is 38.5 Å². The van der Waals surface area contributed by atoms with Gasteiger partial charge in [0.25, 0.3) is 0 Å². The summed E-state index contributed by atoms with van der Waals surface area (Å²) >= 11 is 0. The summed E-state index contributed by atoms with van der Waals surface area (Å²) in [5, 5.41) is 0. The molecule has 0 aromatic rings. The van der Waals surface area contributed by atoms with Crippen LogP contribution in [0.3, 0.4) is 0 Å². The van der Waals surface area contributed by atoms with Gasteiger partial charge in [0.1, 0.15) is 0 Å². The Bertz CT molecular complexity index is 210. The van der Waals surface area contributed by atoms with Crippen LogP contribution in [0.4, 0.5) is 0 Å². The molecule has 3 heteroatoms. The number of nitrogens with two attached hydrogens (primary N) is 1. The van der Waals surface area contributed by atoms with Crippen molar-refractivity contribution in [3.8, 4) is 0 Å². The lowest BCUT2D eigenvalue weighted by atomic mass is 10.0. The predicted molar refractivity (Wildman–Crippen MR) is 66.4 cm³/mol. The molecule has 0 bridgehead atoms. The van der Waals surface area contributed by atoms with Crippen molar-refractivity contribution in [1.29, 1.82) is 0 Å². The zero-order valence-electron chi connectivity index (χ0n) is 10.5. The fourth-order valence-electron chi connectivity index (χ4n) is 3.19. The third kappa shape index (κ3) is 2.96. The molecule has 2 fully saturated rings. The molecule has 0 spiro atoms. The van der Waals surface area contributed by atoms with Gasteiger partial charge in [-0.1, -0.05) is 6.92 Å². The number of hydrogen-bond acceptors (Lipinski definition) is 3. The van der Waals surface area contributed by atoms with Gasteiger partial charge in [0.05, 0.1) is 12.7 Å². The van der Waals surface area contributed by atoms with E-state index >= 15 is 0 Å². The van der Waals surface area contributed by atoms with E-state index in [9.17, 15) is 0 Å². The van der Waals surface area contributed by atoms with Crippen molar-refractivity contribution in [1.82, 2.24) is 4.90 Å². The molecule has 2 N–H and O–H groups in total. The van der Waals surface area contributed by atoms with Crippen molar-refractivity contribution in [3.63, 3.8) is 0 Å². The Balaban J connectivity index is 1.79. The Kier molecular flexibility index (Phi) is 4.62. The molecule has 16 heavy (non-hydrogen) atoms. The van der Waals surface area contributed by atoms with Gasteiger partial charge in [-0.15, -0.1) is 0 Å². The van der Waals surface area contributed by atoms with E-state index in [1.807, 2.05) is 0 Å². The first-order chi connectivity index (χ1) is 7.81. The predicted octanol–water partition coefficient (Wildman–Crippen LogP) is 1.61. The van der Waals surface area contributed by atoms with Gasteiger partial charge in [-0.2, -0.15) is 0 Å². The number of ether oxygens (including phenoxy) is 1. The molecule has 94 valence electrons. The molecule has 3 nitrogen and oxygen atoms in total. The van der Waals surface area contributed by atoms with Crippen molar-refractivity contribution >= 4 is 0 Å². The molecule has 0 amide bonds. The minimum absolute atomic E-state index is 0.537. The molecule has 0 aromatic heterocycles. The van der Waals surface area contributed by atoms with Crippen LogP contribution in [0.1, 0.15) is 39.0 Å². The van der Waals surface area contributed by atoms with Crippen LogP contribution in [-0.2, 0) is 4.74 Å². The average Bonchev–Trinajstić information content (AvgIpc) is 2.75. The van der Waals surface area contributed by atoms with Crippen molar-refractivity contribution < 1.29 is 4.74 Å². The van der Waals surface area contributed by atoms with E-state index in [2.05, 4.69) is 11.8 Å². The summed E-state index contributed by atoms with van der Waals surface area (Å²) in [5.41, 5.74) is 5.56. The highest BCUT2D eigenvalue weighted by atomic mass is 16.5. The summed E-state index contributed by atoms with van der Waals surface area (Å²) in [6, 6.07) is 0.717. The summed E-state index contributed by atoms with van der Waals surface area (Å²) in [4.78, 5) is 2.67. The number of nitrogens with zero attached hydrogens (tertiary/aromatic N) is 1. The Morgan fingerprint density at radius 1 is 1.44 bits per heavy atom. The molecule has 0 radical (unpaired) electrons. The van der Waals surface area contributed by atoms with Gasteiger partial charge in [0.2, 0.25) is 0 Å². The lowest BCUT2D eigenvalue weighted by molar-refractivity contribution is -0.0598. The quantitative estimate of drug-likeness (QED) is 0.774. The normalized spacial score (nSPS) is 32.6. The summed E-state index contributed by atoms with van der Waals surface area (Å²) in [7, 11) is 0. The zero-order valence-corrected chi connectivity index (χ0v) is 10.5. The van der Waals surface area contributed by atoms with Crippen LogP contribution >= 0.6 is 0 Å². The van der Waals surface area contributed by atoms with Crippen molar-refractivity contribution in [2.24, 2.45) is 11.7 Å². The van der Waals surface area contributed by atoms with Gasteiger partial charge < -0.3 is 10.5 Å². The fraction of sp³-hybridized carbons (Fsp3) is 1.00. The minimum atomic E-state index is 0.537. The lowest BCUT2D eigenvalue weighted by Crippen LogP contribution is -2.49. The first kappa shape index (κ1) is 12.3. The maximum absolute atomic E-state index is 5.83. The molecule has 3 atom stereocenters. The maximum atomic E-state index is 5.83. The standard InChI is InChI=1S/C13H26N2O/c1-11(4-3-7-14)10-15-8-9-16-13-6-2-5-12(13)15/h11-13H,2-10,14H2,1H3. The largest absolute Gasteiger partial charge is 0.375 e. The smallest absolute Gasteiger partial charge is 0.0730 e. The van der Waals surface area contributed by atoms with Gasteiger partial charge in [0, 0.05) is 19.1 Å². The summed E-state index contributed by atoms with van der Waals surface area (Å²) in [6.45, 7) is 6.50. The first-order valence-corrected chi connectivity index (χ1v) is 6.87. The molecule has 2 rings (SSSR count). The number of morpholine rings is 1. The Morgan fingerprint density at radius 3 is 3.12 bits per heavy atom.